The molecule has 0 aliphatic carbocycles. The number of carbonyl (C=O) groups is 1. The van der Waals surface area contributed by atoms with Gasteiger partial charge in [-0.25, -0.2) is 0 Å². The number of hydrogen-bond acceptors (Lipinski definition) is 7. The Morgan fingerprint density at radius 1 is 1.00 bits per heavy atom. The van der Waals surface area contributed by atoms with Crippen molar-refractivity contribution in [1.82, 2.24) is 5.01 Å². The van der Waals surface area contributed by atoms with E-state index in [9.17, 15) is 4.79 Å². The van der Waals surface area contributed by atoms with Crippen molar-refractivity contribution in [1.29, 1.82) is 5.41 Å². The molecule has 0 spiro atoms. The molecule has 0 saturated carbocycles. The number of halogens is 1. The van der Waals surface area contributed by atoms with Crippen LogP contribution in [-0.2, 0) is 4.79 Å². The number of nitrogens with one attached hydrogen (secondary N) is 1. The quantitative estimate of drug-likeness (QED) is 0.243. The Morgan fingerprint density at radius 3 is 2.36 bits per heavy atom. The molecule has 0 unspecified atom stereocenters. The topological polar surface area (TPSA) is 96.6 Å². The highest BCUT2D eigenvalue weighted by Crippen LogP contribution is 2.38. The number of rotatable bonds is 8. The maximum atomic E-state index is 12.9. The molecule has 3 aromatic carbocycles. The zero-order valence-electron chi connectivity index (χ0n) is 21.5. The molecule has 198 valence electrons. The number of hydrogen-bond donors (Lipinski definition) is 1. The van der Waals surface area contributed by atoms with E-state index in [0.717, 1.165) is 16.9 Å². The predicted molar refractivity (Wildman–Crippen MR) is 158 cm³/mol. The van der Waals surface area contributed by atoms with Crippen molar-refractivity contribution in [2.24, 2.45) is 10.1 Å². The molecule has 1 N–H and O–H groups in total. The lowest BCUT2D eigenvalue weighted by molar-refractivity contribution is -0.114. The van der Waals surface area contributed by atoms with Gasteiger partial charge in [0.05, 0.1) is 17.2 Å². The van der Waals surface area contributed by atoms with E-state index in [-0.39, 0.29) is 11.4 Å². The molecule has 5 rings (SSSR count). The van der Waals surface area contributed by atoms with E-state index in [1.807, 2.05) is 62.4 Å². The van der Waals surface area contributed by atoms with Crippen LogP contribution in [0.15, 0.2) is 80.8 Å². The van der Waals surface area contributed by atoms with Gasteiger partial charge in [0.25, 0.3) is 5.91 Å². The summed E-state index contributed by atoms with van der Waals surface area (Å²) < 4.78 is 17.9. The monoisotopic (exact) mass is 604 g/mol. The van der Waals surface area contributed by atoms with Crippen molar-refractivity contribution in [2.45, 2.75) is 13.8 Å². The lowest BCUT2D eigenvalue weighted by Crippen LogP contribution is -2.35. The number of fused-ring (bicyclic) bond motifs is 1. The zero-order chi connectivity index (χ0) is 27.5. The number of ether oxygens (including phenoxy) is 3. The van der Waals surface area contributed by atoms with Crippen LogP contribution in [0.25, 0.3) is 6.08 Å². The fourth-order valence-corrected chi connectivity index (χ4v) is 5.34. The first-order chi connectivity index (χ1) is 18.8. The molecule has 2 aliphatic heterocycles. The first kappa shape index (κ1) is 26.7. The molecule has 0 aromatic heterocycles. The van der Waals surface area contributed by atoms with E-state index in [2.05, 4.69) is 26.0 Å². The third kappa shape index (κ3) is 5.91. The molecule has 0 fully saturated rings. The zero-order valence-corrected chi connectivity index (χ0v) is 23.9. The molecule has 2 aliphatic rings. The largest absolute Gasteiger partial charge is 0.493 e. The predicted octanol–water partition coefficient (Wildman–Crippen LogP) is 6.20. The molecule has 0 radical (unpaired) electrons. The van der Waals surface area contributed by atoms with Gasteiger partial charge in [-0.05, 0) is 77.4 Å². The lowest BCUT2D eigenvalue weighted by atomic mass is 10.1. The average Bonchev–Trinajstić information content (AvgIpc) is 3.35. The first-order valence-corrected chi connectivity index (χ1v) is 13.7. The Bertz CT molecular complexity index is 1530. The highest BCUT2D eigenvalue weighted by atomic mass is 79.9. The molecule has 0 atom stereocenters. The average molecular weight is 606 g/mol. The second-order valence-corrected chi connectivity index (χ2v) is 10.6. The summed E-state index contributed by atoms with van der Waals surface area (Å²) in [5.41, 5.74) is 3.98. The van der Waals surface area contributed by atoms with E-state index < -0.39 is 5.91 Å². The minimum absolute atomic E-state index is 0.0386. The number of thioether (sulfide) groups is 1. The highest BCUT2D eigenvalue weighted by molar-refractivity contribution is 9.10. The van der Waals surface area contributed by atoms with Crippen LogP contribution in [0.2, 0.25) is 0 Å². The van der Waals surface area contributed by atoms with Crippen molar-refractivity contribution in [2.75, 3.05) is 20.3 Å². The van der Waals surface area contributed by atoms with Gasteiger partial charge in [-0.15, -0.1) is 0 Å². The van der Waals surface area contributed by atoms with Crippen molar-refractivity contribution >= 4 is 55.7 Å². The molecule has 1 amide bonds. The van der Waals surface area contributed by atoms with Crippen LogP contribution in [-0.4, -0.2) is 47.3 Å². The normalized spacial score (nSPS) is 15.7. The van der Waals surface area contributed by atoms with Gasteiger partial charge in [0.2, 0.25) is 5.17 Å². The summed E-state index contributed by atoms with van der Waals surface area (Å²) in [4.78, 5) is 17.1. The van der Waals surface area contributed by atoms with Gasteiger partial charge in [0, 0.05) is 5.56 Å². The third-order valence-electron chi connectivity index (χ3n) is 5.94. The Morgan fingerprint density at radius 2 is 1.67 bits per heavy atom. The molecule has 0 saturated heterocycles. The van der Waals surface area contributed by atoms with E-state index >= 15 is 0 Å². The maximum absolute atomic E-state index is 12.9. The lowest BCUT2D eigenvalue weighted by Gasteiger charge is -2.20. The number of carbonyl (C=O) groups excluding carboxylic acids is 1. The van der Waals surface area contributed by atoms with Gasteiger partial charge in [0.1, 0.15) is 24.0 Å². The van der Waals surface area contributed by atoms with Crippen molar-refractivity contribution in [3.05, 3.63) is 93.0 Å². The summed E-state index contributed by atoms with van der Waals surface area (Å²) in [5, 5.41) is 15.7. The highest BCUT2D eigenvalue weighted by Gasteiger charge is 2.36. The number of methoxy groups -OCH3 is 1. The molecule has 0 bridgehead atoms. The van der Waals surface area contributed by atoms with E-state index in [4.69, 9.17) is 19.6 Å². The second kappa shape index (κ2) is 11.5. The standard InChI is InChI=1S/C29H25BrN4O4S/c1-17-4-8-20(9-5-17)28-33-34-26(31)22(27(35)32-29(34)39-28)14-19-15-23(30)25(24(16-19)36-3)38-13-12-37-21-10-6-18(2)7-11-21/h4-11,14-16,31H,12-13H2,1-3H3/b22-14-,31-26?. The number of hydrazone groups is 1. The van der Waals surface area contributed by atoms with Gasteiger partial charge in [0.15, 0.2) is 17.3 Å². The van der Waals surface area contributed by atoms with Gasteiger partial charge in [-0.3, -0.25) is 10.2 Å². The summed E-state index contributed by atoms with van der Waals surface area (Å²) in [7, 11) is 1.54. The number of aliphatic imine (C=N–C) groups is 1. The Labute approximate surface area is 239 Å². The number of nitrogens with zero attached hydrogens (tertiary/aromatic N) is 3. The maximum Gasteiger partial charge on any atom is 0.283 e. The van der Waals surface area contributed by atoms with Gasteiger partial charge < -0.3 is 14.2 Å². The minimum atomic E-state index is -0.497. The van der Waals surface area contributed by atoms with Gasteiger partial charge in [-0.2, -0.15) is 15.1 Å². The number of benzene rings is 3. The van der Waals surface area contributed by atoms with Crippen LogP contribution in [0.5, 0.6) is 17.2 Å². The summed E-state index contributed by atoms with van der Waals surface area (Å²) in [6, 6.07) is 19.3. The number of amides is 1. The molecule has 3 aromatic rings. The van der Waals surface area contributed by atoms with Crippen LogP contribution in [0.1, 0.15) is 22.3 Å². The van der Waals surface area contributed by atoms with Gasteiger partial charge in [-0.1, -0.05) is 47.5 Å². The third-order valence-corrected chi connectivity index (χ3v) is 7.48. The second-order valence-electron chi connectivity index (χ2n) is 8.84. The molecular formula is C29H25BrN4O4S. The summed E-state index contributed by atoms with van der Waals surface area (Å²) in [5.74, 6) is 1.23. The summed E-state index contributed by atoms with van der Waals surface area (Å²) in [6.45, 7) is 4.70. The minimum Gasteiger partial charge on any atom is -0.493 e. The summed E-state index contributed by atoms with van der Waals surface area (Å²) >= 11 is 4.82. The Kier molecular flexibility index (Phi) is 7.85. The Balaban J connectivity index is 1.31. The fourth-order valence-electron chi connectivity index (χ4n) is 3.87. The molecular weight excluding hydrogens is 580 g/mol. The first-order valence-electron chi connectivity index (χ1n) is 12.1. The van der Waals surface area contributed by atoms with Crippen molar-refractivity contribution < 1.29 is 19.0 Å². The smallest absolute Gasteiger partial charge is 0.283 e. The molecule has 39 heavy (non-hydrogen) atoms. The van der Waals surface area contributed by atoms with Crippen LogP contribution >= 0.6 is 27.7 Å². The number of amidine groups is 2. The van der Waals surface area contributed by atoms with Crippen LogP contribution in [0, 0.1) is 19.3 Å². The number of aryl methyl sites for hydroxylation is 2. The Hall–Kier alpha value is -3.89. The molecule has 10 heteroatoms. The van der Waals surface area contributed by atoms with E-state index in [1.54, 1.807) is 25.3 Å². The van der Waals surface area contributed by atoms with Crippen LogP contribution in [0.4, 0.5) is 0 Å². The summed E-state index contributed by atoms with van der Waals surface area (Å²) in [6.07, 6.45) is 1.60. The van der Waals surface area contributed by atoms with Crippen molar-refractivity contribution in [3.8, 4) is 17.2 Å². The fraction of sp³-hybridized carbons (Fsp3) is 0.172. The van der Waals surface area contributed by atoms with Crippen LogP contribution < -0.4 is 14.2 Å². The van der Waals surface area contributed by atoms with Gasteiger partial charge >= 0.3 is 0 Å². The van der Waals surface area contributed by atoms with Crippen LogP contribution in [0.3, 0.4) is 0 Å². The SMILES string of the molecule is COc1cc(/C=C2/C(=N)N3N=C(c4ccc(C)cc4)SC3=NC2=O)cc(Br)c1OCCOc1ccc(C)cc1. The molecule has 8 nitrogen and oxygen atoms in total. The van der Waals surface area contributed by atoms with E-state index in [0.29, 0.717) is 45.0 Å². The molecule has 2 heterocycles. The van der Waals surface area contributed by atoms with E-state index in [1.165, 1.54) is 22.3 Å². The van der Waals surface area contributed by atoms with Crippen molar-refractivity contribution in [3.63, 3.8) is 0 Å².